The summed E-state index contributed by atoms with van der Waals surface area (Å²) in [5.74, 6) is 0.411. The Morgan fingerprint density at radius 2 is 0.843 bits per heavy atom. The molecule has 0 aliphatic heterocycles. The van der Waals surface area contributed by atoms with Gasteiger partial charge in [0.2, 0.25) is 11.8 Å². The minimum atomic E-state index is -0.225. The standard InChI is InChI=1S/C32H38N2O3.C29H35N3O/c1-33(2)29-19-17-27(18-20-29)26-15-12-25(13-16-26)23-34(32(36)28-9-5-4-6-10-28)30-11-7-8-24(22-30)14-21-31(35)37-3;1-31(2)27-17-15-25(16-18-27)24-13-11-22(12-14-24)21-32(28-10-6-7-23(19-28)20-30)29(33)26-8-4-3-5-9-26/h7-8,11-13,15-20,22,28H,4-6,9-10,14,21,23H2,1-3H3;6-7,10-19,26H,3-5,8-9,20-21,30H2,1-2H3. The van der Waals surface area contributed by atoms with Crippen LogP contribution in [-0.4, -0.2) is 53.1 Å². The van der Waals surface area contributed by atoms with E-state index in [2.05, 4.69) is 113 Å². The molecule has 0 radical (unpaired) electrons. The van der Waals surface area contributed by atoms with Gasteiger partial charge in [-0.2, -0.15) is 0 Å². The highest BCUT2D eigenvalue weighted by atomic mass is 16.5. The van der Waals surface area contributed by atoms with Crippen molar-refractivity contribution >= 4 is 40.5 Å². The van der Waals surface area contributed by atoms with Crippen LogP contribution < -0.4 is 25.3 Å². The number of benzene rings is 6. The minimum Gasteiger partial charge on any atom is -0.469 e. The summed E-state index contributed by atoms with van der Waals surface area (Å²) < 4.78 is 4.80. The van der Waals surface area contributed by atoms with Crippen LogP contribution in [0.5, 0.6) is 0 Å². The van der Waals surface area contributed by atoms with E-state index in [0.29, 0.717) is 32.5 Å². The second kappa shape index (κ2) is 25.2. The van der Waals surface area contributed by atoms with Gasteiger partial charge in [-0.05, 0) is 125 Å². The van der Waals surface area contributed by atoms with E-state index < -0.39 is 0 Å². The first kappa shape index (κ1) is 51.1. The first-order chi connectivity index (χ1) is 34.0. The van der Waals surface area contributed by atoms with Crippen molar-refractivity contribution in [2.24, 2.45) is 17.6 Å². The van der Waals surface area contributed by atoms with Crippen molar-refractivity contribution in [2.45, 2.75) is 96.7 Å². The monoisotopic (exact) mass is 940 g/mol. The molecule has 2 saturated carbocycles. The molecule has 2 fully saturated rings. The lowest BCUT2D eigenvalue weighted by atomic mass is 9.88. The molecule has 0 heterocycles. The molecule has 366 valence electrons. The highest BCUT2D eigenvalue weighted by Gasteiger charge is 2.29. The van der Waals surface area contributed by atoms with Crippen LogP contribution in [0.15, 0.2) is 146 Å². The van der Waals surface area contributed by atoms with E-state index in [9.17, 15) is 14.4 Å². The zero-order valence-electron chi connectivity index (χ0n) is 42.1. The van der Waals surface area contributed by atoms with Gasteiger partial charge in [0.1, 0.15) is 0 Å². The van der Waals surface area contributed by atoms with Crippen LogP contribution in [0.3, 0.4) is 0 Å². The number of amides is 2. The van der Waals surface area contributed by atoms with Gasteiger partial charge in [-0.1, -0.05) is 136 Å². The number of ether oxygens (including phenoxy) is 1. The van der Waals surface area contributed by atoms with Gasteiger partial charge >= 0.3 is 5.97 Å². The number of methoxy groups -OCH3 is 1. The molecule has 0 saturated heterocycles. The molecular formula is C61H73N5O4. The Balaban J connectivity index is 0.000000208. The maximum Gasteiger partial charge on any atom is 0.305 e. The Morgan fingerprint density at radius 3 is 1.21 bits per heavy atom. The normalized spacial score (nSPS) is 13.9. The molecule has 0 unspecified atom stereocenters. The first-order valence-electron chi connectivity index (χ1n) is 25.3. The van der Waals surface area contributed by atoms with Crippen LogP contribution in [0.25, 0.3) is 22.3 Å². The summed E-state index contributed by atoms with van der Waals surface area (Å²) in [7, 11) is 9.59. The van der Waals surface area contributed by atoms with Gasteiger partial charge in [0, 0.05) is 75.7 Å². The molecule has 0 spiro atoms. The van der Waals surface area contributed by atoms with Crippen LogP contribution >= 0.6 is 0 Å². The Kier molecular flexibility index (Phi) is 18.4. The third kappa shape index (κ3) is 14.0. The molecule has 2 N–H and O–H groups in total. The molecule has 9 heteroatoms. The highest BCUT2D eigenvalue weighted by Crippen LogP contribution is 2.32. The second-order valence-electron chi connectivity index (χ2n) is 19.4. The van der Waals surface area contributed by atoms with Gasteiger partial charge in [0.05, 0.1) is 20.2 Å². The molecular weight excluding hydrogens is 867 g/mol. The Morgan fingerprint density at radius 1 is 0.471 bits per heavy atom. The average molecular weight is 940 g/mol. The number of rotatable bonds is 16. The van der Waals surface area contributed by atoms with Gasteiger partial charge in [0.15, 0.2) is 0 Å². The summed E-state index contributed by atoms with van der Waals surface area (Å²) in [6.07, 6.45) is 11.8. The van der Waals surface area contributed by atoms with Crippen LogP contribution in [0.2, 0.25) is 0 Å². The second-order valence-corrected chi connectivity index (χ2v) is 19.4. The zero-order valence-corrected chi connectivity index (χ0v) is 42.1. The number of nitrogens with zero attached hydrogens (tertiary/aromatic N) is 4. The summed E-state index contributed by atoms with van der Waals surface area (Å²) in [5, 5.41) is 0. The third-order valence-electron chi connectivity index (χ3n) is 14.0. The molecule has 6 aromatic rings. The van der Waals surface area contributed by atoms with E-state index in [0.717, 1.165) is 90.6 Å². The molecule has 2 aliphatic rings. The van der Waals surface area contributed by atoms with Crippen molar-refractivity contribution in [3.63, 3.8) is 0 Å². The summed E-state index contributed by atoms with van der Waals surface area (Å²) in [6, 6.07) is 50.4. The Bertz CT molecular complexity index is 2600. The molecule has 6 aromatic carbocycles. The van der Waals surface area contributed by atoms with Gasteiger partial charge in [-0.3, -0.25) is 14.4 Å². The predicted octanol–water partition coefficient (Wildman–Crippen LogP) is 12.6. The number of hydrogen-bond donors (Lipinski definition) is 1. The maximum atomic E-state index is 13.7. The van der Waals surface area contributed by atoms with Crippen molar-refractivity contribution in [1.29, 1.82) is 0 Å². The van der Waals surface area contributed by atoms with Crippen LogP contribution in [0.4, 0.5) is 22.7 Å². The number of esters is 1. The summed E-state index contributed by atoms with van der Waals surface area (Å²) in [6.45, 7) is 1.57. The molecule has 9 nitrogen and oxygen atoms in total. The molecule has 0 bridgehead atoms. The van der Waals surface area contributed by atoms with Crippen molar-refractivity contribution in [2.75, 3.05) is 54.9 Å². The smallest absolute Gasteiger partial charge is 0.305 e. The quantitative estimate of drug-likeness (QED) is 0.0965. The lowest BCUT2D eigenvalue weighted by molar-refractivity contribution is -0.140. The van der Waals surface area contributed by atoms with Crippen molar-refractivity contribution in [3.8, 4) is 22.3 Å². The SMILES string of the molecule is CN(C)c1ccc(-c2ccc(CN(C(=O)C3CCCCC3)c3cccc(CN)c3)cc2)cc1.COC(=O)CCc1cccc(N(Cc2ccc(-c3ccc(N(C)C)cc3)cc2)C(=O)C2CCCCC2)c1. The lowest BCUT2D eigenvalue weighted by Gasteiger charge is -2.30. The predicted molar refractivity (Wildman–Crippen MR) is 289 cm³/mol. The molecule has 0 atom stereocenters. The maximum absolute atomic E-state index is 13.7. The van der Waals surface area contributed by atoms with E-state index >= 15 is 0 Å². The van der Waals surface area contributed by atoms with Crippen molar-refractivity contribution in [1.82, 2.24) is 0 Å². The highest BCUT2D eigenvalue weighted by molar-refractivity contribution is 5.96. The third-order valence-corrected chi connectivity index (χ3v) is 14.0. The fraction of sp³-hybridized carbons (Fsp3) is 0.361. The zero-order chi connectivity index (χ0) is 49.4. The van der Waals surface area contributed by atoms with Gasteiger partial charge < -0.3 is 30.1 Å². The summed E-state index contributed by atoms with van der Waals surface area (Å²) in [5.41, 5.74) is 19.1. The number of anilines is 4. The molecule has 2 aliphatic carbocycles. The van der Waals surface area contributed by atoms with E-state index in [-0.39, 0.29) is 29.6 Å². The average Bonchev–Trinajstić information content (AvgIpc) is 3.41. The Hall–Kier alpha value is -6.71. The van der Waals surface area contributed by atoms with Crippen LogP contribution in [-0.2, 0) is 45.2 Å². The molecule has 8 rings (SSSR count). The first-order valence-corrected chi connectivity index (χ1v) is 25.3. The minimum absolute atomic E-state index is 0.0713. The van der Waals surface area contributed by atoms with E-state index in [1.54, 1.807) is 0 Å². The van der Waals surface area contributed by atoms with E-state index in [4.69, 9.17) is 10.5 Å². The summed E-state index contributed by atoms with van der Waals surface area (Å²) >= 11 is 0. The van der Waals surface area contributed by atoms with Crippen molar-refractivity contribution in [3.05, 3.63) is 168 Å². The van der Waals surface area contributed by atoms with Crippen LogP contribution in [0.1, 0.15) is 92.9 Å². The summed E-state index contributed by atoms with van der Waals surface area (Å²) in [4.78, 5) is 47.1. The van der Waals surface area contributed by atoms with Gasteiger partial charge in [-0.15, -0.1) is 0 Å². The van der Waals surface area contributed by atoms with E-state index in [1.807, 2.05) is 80.5 Å². The van der Waals surface area contributed by atoms with Crippen LogP contribution in [0, 0.1) is 11.8 Å². The van der Waals surface area contributed by atoms with Gasteiger partial charge in [-0.25, -0.2) is 0 Å². The molecule has 0 aromatic heterocycles. The topological polar surface area (TPSA) is 99.4 Å². The van der Waals surface area contributed by atoms with Gasteiger partial charge in [0.25, 0.3) is 0 Å². The Labute approximate surface area is 417 Å². The fourth-order valence-electron chi connectivity index (χ4n) is 9.69. The molecule has 70 heavy (non-hydrogen) atoms. The van der Waals surface area contributed by atoms with E-state index in [1.165, 1.54) is 48.0 Å². The number of carbonyl (C=O) groups excluding carboxylic acids is 3. The van der Waals surface area contributed by atoms with Crippen molar-refractivity contribution < 1.29 is 19.1 Å². The fourth-order valence-corrected chi connectivity index (χ4v) is 9.69. The number of nitrogens with two attached hydrogens (primary N) is 1. The largest absolute Gasteiger partial charge is 0.469 e. The number of hydrogen-bond acceptors (Lipinski definition) is 7. The number of carbonyl (C=O) groups is 3. The molecule has 2 amide bonds. The lowest BCUT2D eigenvalue weighted by Crippen LogP contribution is -2.36. The number of aryl methyl sites for hydroxylation is 1.